The van der Waals surface area contributed by atoms with Gasteiger partial charge in [0, 0.05) is 6.04 Å². The summed E-state index contributed by atoms with van der Waals surface area (Å²) in [5, 5.41) is 0. The largest absolute Gasteiger partial charge is 0.328 e. The summed E-state index contributed by atoms with van der Waals surface area (Å²) in [6, 6.07) is 22.7. The smallest absolute Gasteiger partial charge is 0.00631 e. The molecule has 28 heavy (non-hydrogen) atoms. The zero-order valence-corrected chi connectivity index (χ0v) is 20.0. The van der Waals surface area contributed by atoms with Gasteiger partial charge in [-0.05, 0) is 39.4 Å². The van der Waals surface area contributed by atoms with Crippen molar-refractivity contribution in [3.05, 3.63) is 72.3 Å². The van der Waals surface area contributed by atoms with Crippen LogP contribution >= 0.6 is 0 Å². The number of hydrogen-bond donors (Lipinski definition) is 1. The van der Waals surface area contributed by atoms with Gasteiger partial charge in [0.2, 0.25) is 0 Å². The highest BCUT2D eigenvalue weighted by Gasteiger charge is 2.13. The van der Waals surface area contributed by atoms with Crippen LogP contribution in [0.4, 0.5) is 0 Å². The van der Waals surface area contributed by atoms with Crippen molar-refractivity contribution in [2.45, 2.75) is 74.3 Å². The molecule has 0 unspecified atom stereocenters. The van der Waals surface area contributed by atoms with E-state index in [1.54, 1.807) is 0 Å². The number of hydrogen-bond acceptors (Lipinski definition) is 2. The predicted molar refractivity (Wildman–Crippen MR) is 131 cm³/mol. The maximum absolute atomic E-state index is 5.72. The van der Waals surface area contributed by atoms with E-state index in [0.29, 0.717) is 6.04 Å². The lowest BCUT2D eigenvalue weighted by Gasteiger charge is -2.28. The summed E-state index contributed by atoms with van der Waals surface area (Å²) in [4.78, 5) is 2.45. The van der Waals surface area contributed by atoms with Gasteiger partial charge in [0.15, 0.2) is 0 Å². The van der Waals surface area contributed by atoms with Gasteiger partial charge in [0.05, 0.1) is 0 Å². The molecular formula is C26H48N2. The van der Waals surface area contributed by atoms with E-state index in [0.717, 1.165) is 0 Å². The van der Waals surface area contributed by atoms with E-state index in [1.807, 2.05) is 96.1 Å². The molecule has 1 fully saturated rings. The van der Waals surface area contributed by atoms with Gasteiger partial charge in [-0.25, -0.2) is 0 Å². The second kappa shape index (κ2) is 27.6. The van der Waals surface area contributed by atoms with Crippen molar-refractivity contribution in [1.82, 2.24) is 4.90 Å². The molecule has 2 N–H and O–H groups in total. The van der Waals surface area contributed by atoms with Crippen LogP contribution in [0.3, 0.4) is 0 Å². The van der Waals surface area contributed by atoms with Crippen molar-refractivity contribution >= 4 is 0 Å². The highest BCUT2D eigenvalue weighted by atomic mass is 15.1. The summed E-state index contributed by atoms with van der Waals surface area (Å²) in [5.74, 6) is 0. The average molecular weight is 389 g/mol. The molecule has 0 bridgehead atoms. The SMILES string of the molecule is CC.CC.CC.CCN1CCC(N)CC1.Cc1ccccc1.c1ccccc1. The van der Waals surface area contributed by atoms with Crippen molar-refractivity contribution in [2.75, 3.05) is 19.6 Å². The van der Waals surface area contributed by atoms with E-state index in [-0.39, 0.29) is 0 Å². The molecule has 1 heterocycles. The fourth-order valence-corrected chi connectivity index (χ4v) is 2.19. The number of rotatable bonds is 1. The van der Waals surface area contributed by atoms with Crippen molar-refractivity contribution in [3.63, 3.8) is 0 Å². The van der Waals surface area contributed by atoms with E-state index in [9.17, 15) is 0 Å². The van der Waals surface area contributed by atoms with E-state index < -0.39 is 0 Å². The van der Waals surface area contributed by atoms with Gasteiger partial charge in [-0.2, -0.15) is 0 Å². The van der Waals surface area contributed by atoms with Gasteiger partial charge in [-0.1, -0.05) is 121 Å². The summed E-state index contributed by atoms with van der Waals surface area (Å²) < 4.78 is 0. The molecule has 1 aliphatic rings. The van der Waals surface area contributed by atoms with E-state index in [4.69, 9.17) is 5.73 Å². The van der Waals surface area contributed by atoms with Crippen LogP contribution in [0.2, 0.25) is 0 Å². The van der Waals surface area contributed by atoms with Gasteiger partial charge >= 0.3 is 0 Å². The fraction of sp³-hybridized carbons (Fsp3) is 0.538. The van der Waals surface area contributed by atoms with Crippen LogP contribution < -0.4 is 5.73 Å². The molecule has 0 spiro atoms. The summed E-state index contributed by atoms with van der Waals surface area (Å²) in [7, 11) is 0. The molecule has 0 aliphatic carbocycles. The normalized spacial score (nSPS) is 12.5. The van der Waals surface area contributed by atoms with Crippen LogP contribution in [-0.2, 0) is 0 Å². The zero-order chi connectivity index (χ0) is 22.0. The highest BCUT2D eigenvalue weighted by Crippen LogP contribution is 2.06. The standard InChI is InChI=1S/C7H16N2.C7H8.C6H6.3C2H6/c1-2-9-5-3-7(8)4-6-9;1-7-5-3-2-4-6-7;1-2-4-6-5-3-1;3*1-2/h7H,2-6,8H2,1H3;2-6H,1H3;1-6H;3*1-2H3. The molecule has 1 saturated heterocycles. The van der Waals surface area contributed by atoms with Crippen LogP contribution in [-0.4, -0.2) is 30.6 Å². The molecule has 0 atom stereocenters. The summed E-state index contributed by atoms with van der Waals surface area (Å²) in [6.07, 6.45) is 2.38. The van der Waals surface area contributed by atoms with Gasteiger partial charge in [0.1, 0.15) is 0 Å². The molecule has 3 rings (SSSR count). The maximum atomic E-state index is 5.72. The van der Waals surface area contributed by atoms with Gasteiger partial charge in [-0.15, -0.1) is 0 Å². The molecular weight excluding hydrogens is 340 g/mol. The molecule has 2 nitrogen and oxygen atoms in total. The first-order chi connectivity index (χ1) is 13.7. The first kappa shape index (κ1) is 31.1. The van der Waals surface area contributed by atoms with Crippen molar-refractivity contribution in [3.8, 4) is 0 Å². The number of likely N-dealkylation sites (tertiary alicyclic amines) is 1. The summed E-state index contributed by atoms with van der Waals surface area (Å²) >= 11 is 0. The lowest BCUT2D eigenvalue weighted by atomic mass is 10.1. The van der Waals surface area contributed by atoms with Gasteiger partial charge < -0.3 is 10.6 Å². The first-order valence-electron chi connectivity index (χ1n) is 11.2. The average Bonchev–Trinajstić information content (AvgIpc) is 2.81. The second-order valence-corrected chi connectivity index (χ2v) is 5.58. The fourth-order valence-electron chi connectivity index (χ4n) is 2.19. The van der Waals surface area contributed by atoms with Crippen molar-refractivity contribution in [2.24, 2.45) is 5.73 Å². The van der Waals surface area contributed by atoms with E-state index >= 15 is 0 Å². The minimum Gasteiger partial charge on any atom is -0.328 e. The van der Waals surface area contributed by atoms with E-state index in [2.05, 4.69) is 30.9 Å². The lowest BCUT2D eigenvalue weighted by molar-refractivity contribution is 0.223. The Balaban J connectivity index is -0.000000299. The number of benzene rings is 2. The van der Waals surface area contributed by atoms with Crippen LogP contribution in [0.1, 0.15) is 66.9 Å². The maximum Gasteiger partial charge on any atom is 0.00631 e. The minimum absolute atomic E-state index is 0.479. The number of nitrogens with two attached hydrogens (primary N) is 1. The number of aryl methyl sites for hydroxylation is 1. The van der Waals surface area contributed by atoms with Crippen LogP contribution in [0.5, 0.6) is 0 Å². The van der Waals surface area contributed by atoms with Gasteiger partial charge in [0.25, 0.3) is 0 Å². The van der Waals surface area contributed by atoms with E-state index in [1.165, 1.54) is 38.0 Å². The van der Waals surface area contributed by atoms with Crippen LogP contribution in [0, 0.1) is 6.92 Å². The molecule has 2 aromatic rings. The second-order valence-electron chi connectivity index (χ2n) is 5.58. The molecule has 162 valence electrons. The third-order valence-electron chi connectivity index (χ3n) is 3.69. The van der Waals surface area contributed by atoms with Gasteiger partial charge in [-0.3, -0.25) is 0 Å². The zero-order valence-electron chi connectivity index (χ0n) is 20.0. The molecule has 2 aromatic carbocycles. The number of nitrogens with zero attached hydrogens (tertiary/aromatic N) is 1. The Morgan fingerprint density at radius 1 is 0.714 bits per heavy atom. The molecule has 0 saturated carbocycles. The quantitative estimate of drug-likeness (QED) is 0.560. The summed E-state index contributed by atoms with van der Waals surface area (Å²) in [6.45, 7) is 19.9. The predicted octanol–water partition coefficient (Wildman–Crippen LogP) is 7.19. The van der Waals surface area contributed by atoms with Crippen LogP contribution in [0.15, 0.2) is 66.7 Å². The third-order valence-corrected chi connectivity index (χ3v) is 3.69. The number of piperidine rings is 1. The lowest BCUT2D eigenvalue weighted by Crippen LogP contribution is -2.39. The topological polar surface area (TPSA) is 29.3 Å². The summed E-state index contributed by atoms with van der Waals surface area (Å²) in [5.41, 5.74) is 7.05. The minimum atomic E-state index is 0.479. The Bertz CT molecular complexity index is 422. The Morgan fingerprint density at radius 3 is 1.29 bits per heavy atom. The van der Waals surface area contributed by atoms with Crippen molar-refractivity contribution < 1.29 is 0 Å². The monoisotopic (exact) mass is 388 g/mol. The Morgan fingerprint density at radius 2 is 1.04 bits per heavy atom. The molecule has 0 radical (unpaired) electrons. The highest BCUT2D eigenvalue weighted by molar-refractivity contribution is 5.11. The Kier molecular flexibility index (Phi) is 30.6. The Labute approximate surface area is 177 Å². The van der Waals surface area contributed by atoms with Crippen LogP contribution in [0.25, 0.3) is 0 Å². The Hall–Kier alpha value is -1.64. The molecule has 0 aromatic heterocycles. The molecule has 2 heteroatoms. The first-order valence-corrected chi connectivity index (χ1v) is 11.2. The third kappa shape index (κ3) is 22.4. The van der Waals surface area contributed by atoms with Crippen molar-refractivity contribution in [1.29, 1.82) is 0 Å². The molecule has 0 amide bonds. The molecule has 1 aliphatic heterocycles.